The Balaban J connectivity index is 1.80. The van der Waals surface area contributed by atoms with E-state index in [9.17, 15) is 0 Å². The van der Waals surface area contributed by atoms with E-state index in [1.807, 2.05) is 24.4 Å². The third kappa shape index (κ3) is 4.14. The van der Waals surface area contributed by atoms with Gasteiger partial charge in [0.15, 0.2) is 19.9 Å². The van der Waals surface area contributed by atoms with Gasteiger partial charge in [0.1, 0.15) is 5.82 Å². The van der Waals surface area contributed by atoms with Crippen molar-refractivity contribution in [2.45, 2.75) is 19.3 Å². The molecule has 25 heavy (non-hydrogen) atoms. The predicted molar refractivity (Wildman–Crippen MR) is 101 cm³/mol. The van der Waals surface area contributed by atoms with Crippen molar-refractivity contribution in [2.24, 2.45) is 5.92 Å². The van der Waals surface area contributed by atoms with Gasteiger partial charge in [-0.2, -0.15) is 0 Å². The predicted octanol–water partition coefficient (Wildman–Crippen LogP) is 3.16. The SMILES string of the molecule is COc1cc2ccnc(N3CCC(CCP(O)O)CC3)c2cc1OC. The van der Waals surface area contributed by atoms with E-state index in [1.165, 1.54) is 0 Å². The lowest BCUT2D eigenvalue weighted by Gasteiger charge is -2.33. The van der Waals surface area contributed by atoms with Crippen molar-refractivity contribution in [2.75, 3.05) is 38.4 Å². The van der Waals surface area contributed by atoms with E-state index in [0.717, 1.165) is 54.7 Å². The monoisotopic (exact) mass is 364 g/mol. The molecule has 2 aromatic rings. The molecule has 3 rings (SSSR count). The second-order valence-corrected chi connectivity index (χ2v) is 7.57. The number of pyridine rings is 1. The van der Waals surface area contributed by atoms with Gasteiger partial charge in [0.25, 0.3) is 0 Å². The van der Waals surface area contributed by atoms with Crippen LogP contribution in [0.4, 0.5) is 5.82 Å². The molecule has 2 heterocycles. The topological polar surface area (TPSA) is 75.1 Å². The molecule has 1 aromatic heterocycles. The maximum atomic E-state index is 9.10. The van der Waals surface area contributed by atoms with Crippen LogP contribution in [0.15, 0.2) is 24.4 Å². The van der Waals surface area contributed by atoms with Crippen molar-refractivity contribution in [1.29, 1.82) is 0 Å². The molecule has 0 aliphatic carbocycles. The number of hydrogen-bond donors (Lipinski definition) is 2. The third-order valence-electron chi connectivity index (χ3n) is 4.90. The number of piperidine rings is 1. The van der Waals surface area contributed by atoms with Gasteiger partial charge in [-0.25, -0.2) is 4.98 Å². The number of methoxy groups -OCH3 is 2. The Labute approximate surface area is 149 Å². The van der Waals surface area contributed by atoms with E-state index in [4.69, 9.17) is 19.3 Å². The van der Waals surface area contributed by atoms with Gasteiger partial charge in [-0.15, -0.1) is 0 Å². The number of nitrogens with zero attached hydrogens (tertiary/aromatic N) is 2. The molecular weight excluding hydrogens is 339 g/mol. The highest BCUT2D eigenvalue weighted by molar-refractivity contribution is 7.45. The minimum Gasteiger partial charge on any atom is -0.493 e. The first kappa shape index (κ1) is 18.2. The molecule has 6 nitrogen and oxygen atoms in total. The quantitative estimate of drug-likeness (QED) is 0.767. The van der Waals surface area contributed by atoms with Crippen LogP contribution in [-0.4, -0.2) is 48.2 Å². The number of rotatable bonds is 6. The van der Waals surface area contributed by atoms with Crippen molar-refractivity contribution < 1.29 is 19.3 Å². The van der Waals surface area contributed by atoms with Crippen LogP contribution in [0.3, 0.4) is 0 Å². The van der Waals surface area contributed by atoms with E-state index in [-0.39, 0.29) is 0 Å². The fourth-order valence-corrected chi connectivity index (χ4v) is 4.06. The first-order chi connectivity index (χ1) is 12.1. The molecule has 1 aliphatic rings. The van der Waals surface area contributed by atoms with Crippen molar-refractivity contribution in [3.05, 3.63) is 24.4 Å². The zero-order valence-electron chi connectivity index (χ0n) is 14.7. The molecule has 0 atom stereocenters. The second-order valence-electron chi connectivity index (χ2n) is 6.38. The number of aromatic nitrogens is 1. The summed E-state index contributed by atoms with van der Waals surface area (Å²) in [6, 6.07) is 5.96. The van der Waals surface area contributed by atoms with Crippen LogP contribution in [0.5, 0.6) is 11.5 Å². The molecule has 136 valence electrons. The minimum atomic E-state index is -1.77. The Morgan fingerprint density at radius 3 is 2.48 bits per heavy atom. The van der Waals surface area contributed by atoms with E-state index in [0.29, 0.717) is 17.8 Å². The average Bonchev–Trinajstić information content (AvgIpc) is 2.65. The summed E-state index contributed by atoms with van der Waals surface area (Å²) in [4.78, 5) is 25.1. The summed E-state index contributed by atoms with van der Waals surface area (Å²) in [5, 5.41) is 2.14. The number of ether oxygens (including phenoxy) is 2. The Bertz CT molecular complexity index is 718. The molecule has 1 saturated heterocycles. The normalized spacial score (nSPS) is 15.8. The molecule has 1 fully saturated rings. The maximum absolute atomic E-state index is 9.10. The first-order valence-corrected chi connectivity index (χ1v) is 9.96. The van der Waals surface area contributed by atoms with Gasteiger partial charge < -0.3 is 24.2 Å². The van der Waals surface area contributed by atoms with Crippen LogP contribution < -0.4 is 14.4 Å². The van der Waals surface area contributed by atoms with Crippen LogP contribution in [0.2, 0.25) is 0 Å². The van der Waals surface area contributed by atoms with E-state index in [2.05, 4.69) is 9.88 Å². The maximum Gasteiger partial charge on any atom is 0.164 e. The molecule has 0 amide bonds. The van der Waals surface area contributed by atoms with Crippen molar-refractivity contribution in [3.8, 4) is 11.5 Å². The molecule has 1 aromatic carbocycles. The van der Waals surface area contributed by atoms with Gasteiger partial charge in [-0.3, -0.25) is 0 Å². The summed E-state index contributed by atoms with van der Waals surface area (Å²) in [5.74, 6) is 2.96. The highest BCUT2D eigenvalue weighted by Gasteiger charge is 2.22. The van der Waals surface area contributed by atoms with Crippen LogP contribution in [-0.2, 0) is 0 Å². The summed E-state index contributed by atoms with van der Waals surface area (Å²) in [5.41, 5.74) is 0. The standard InChI is InChI=1S/C18H25N2O4P/c1-23-16-11-14-3-7-19-18(15(14)12-17(16)24-2)20-8-4-13(5-9-20)6-10-25(21)22/h3,7,11-13,21-22H,4-6,8-10H2,1-2H3. The van der Waals surface area contributed by atoms with Crippen molar-refractivity contribution >= 4 is 25.0 Å². The molecule has 2 N–H and O–H groups in total. The molecule has 0 radical (unpaired) electrons. The van der Waals surface area contributed by atoms with Crippen molar-refractivity contribution in [1.82, 2.24) is 4.98 Å². The molecule has 0 unspecified atom stereocenters. The van der Waals surface area contributed by atoms with Gasteiger partial charge in [0, 0.05) is 30.8 Å². The van der Waals surface area contributed by atoms with Crippen LogP contribution in [0.1, 0.15) is 19.3 Å². The highest BCUT2D eigenvalue weighted by atomic mass is 31.2. The number of benzene rings is 1. The van der Waals surface area contributed by atoms with Gasteiger partial charge >= 0.3 is 0 Å². The summed E-state index contributed by atoms with van der Waals surface area (Å²) < 4.78 is 10.8. The zero-order valence-corrected chi connectivity index (χ0v) is 15.6. The largest absolute Gasteiger partial charge is 0.493 e. The number of fused-ring (bicyclic) bond motifs is 1. The Kier molecular flexibility index (Phi) is 5.94. The molecule has 1 aliphatic heterocycles. The van der Waals surface area contributed by atoms with E-state index >= 15 is 0 Å². The van der Waals surface area contributed by atoms with Crippen molar-refractivity contribution in [3.63, 3.8) is 0 Å². The molecule has 0 bridgehead atoms. The van der Waals surface area contributed by atoms with Gasteiger partial charge in [0.05, 0.1) is 14.2 Å². The van der Waals surface area contributed by atoms with Gasteiger partial charge in [-0.05, 0) is 48.8 Å². The Morgan fingerprint density at radius 2 is 1.84 bits per heavy atom. The molecule has 0 spiro atoms. The lowest BCUT2D eigenvalue weighted by molar-refractivity contribution is 0.356. The van der Waals surface area contributed by atoms with Crippen LogP contribution in [0, 0.1) is 5.92 Å². The smallest absolute Gasteiger partial charge is 0.164 e. The molecule has 7 heteroatoms. The molecular formula is C18H25N2O4P. The van der Waals surface area contributed by atoms with E-state index < -0.39 is 8.38 Å². The summed E-state index contributed by atoms with van der Waals surface area (Å²) in [6.07, 6.45) is 5.34. The summed E-state index contributed by atoms with van der Waals surface area (Å²) in [7, 11) is 1.52. The zero-order chi connectivity index (χ0) is 17.8. The van der Waals surface area contributed by atoms with E-state index in [1.54, 1.807) is 14.2 Å². The highest BCUT2D eigenvalue weighted by Crippen LogP contribution is 2.37. The first-order valence-electron chi connectivity index (χ1n) is 8.53. The van der Waals surface area contributed by atoms with Gasteiger partial charge in [0.2, 0.25) is 0 Å². The Hall–Kier alpha value is -1.62. The number of anilines is 1. The summed E-state index contributed by atoms with van der Waals surface area (Å²) in [6.45, 7) is 1.86. The third-order valence-corrected chi connectivity index (χ3v) is 5.56. The average molecular weight is 364 g/mol. The van der Waals surface area contributed by atoms with Crippen LogP contribution in [0.25, 0.3) is 10.8 Å². The molecule has 0 saturated carbocycles. The minimum absolute atomic E-state index is 0.517. The summed E-state index contributed by atoms with van der Waals surface area (Å²) >= 11 is 0. The second kappa shape index (κ2) is 8.17. The van der Waals surface area contributed by atoms with Crippen LogP contribution >= 0.6 is 8.38 Å². The lowest BCUT2D eigenvalue weighted by Crippen LogP contribution is -2.34. The fourth-order valence-electron chi connectivity index (χ4n) is 3.47. The number of hydrogen-bond acceptors (Lipinski definition) is 6. The lowest BCUT2D eigenvalue weighted by atomic mass is 9.94. The van der Waals surface area contributed by atoms with Gasteiger partial charge in [-0.1, -0.05) is 0 Å². The fraction of sp³-hybridized carbons (Fsp3) is 0.500. The Morgan fingerprint density at radius 1 is 1.16 bits per heavy atom.